The molecule has 162 valence electrons. The maximum atomic E-state index is 13.6. The average Bonchev–Trinajstić information content (AvgIpc) is 3.26. The third-order valence-electron chi connectivity index (χ3n) is 4.58. The van der Waals surface area contributed by atoms with Gasteiger partial charge in [-0.25, -0.2) is 13.8 Å². The highest BCUT2D eigenvalue weighted by molar-refractivity contribution is 5.88. The van der Waals surface area contributed by atoms with Crippen molar-refractivity contribution in [1.82, 2.24) is 15.6 Å². The zero-order valence-electron chi connectivity index (χ0n) is 16.9. The first kappa shape index (κ1) is 21.9. The highest BCUT2D eigenvalue weighted by Gasteiger charge is 2.23. The minimum absolute atomic E-state index is 0.0141. The molecule has 1 heterocycles. The van der Waals surface area contributed by atoms with Gasteiger partial charge in [-0.05, 0) is 42.0 Å². The van der Waals surface area contributed by atoms with Crippen molar-refractivity contribution in [3.8, 4) is 17.1 Å². The number of nitrogens with one attached hydrogen (secondary N) is 2. The standard InChI is InChI=1S/C22H21F2N3O4/c1-25-22(29)21(14-5-8-16(23)17(24)11-14)27-19(28)9-10-20-26-12-18(31-20)13-3-6-15(30-2)7-4-13/h3-8,11-12,21H,9-10H2,1-2H3,(H,25,29)(H,27,28). The summed E-state index contributed by atoms with van der Waals surface area (Å²) < 4.78 is 37.5. The maximum absolute atomic E-state index is 13.6. The van der Waals surface area contributed by atoms with Crippen molar-refractivity contribution in [1.29, 1.82) is 0 Å². The molecule has 0 aliphatic heterocycles. The highest BCUT2D eigenvalue weighted by Crippen LogP contribution is 2.23. The Labute approximate surface area is 177 Å². The fraction of sp³-hybridized carbons (Fsp3) is 0.227. The van der Waals surface area contributed by atoms with Crippen LogP contribution in [0, 0.1) is 11.6 Å². The van der Waals surface area contributed by atoms with Crippen molar-refractivity contribution in [3.63, 3.8) is 0 Å². The first-order valence-corrected chi connectivity index (χ1v) is 9.46. The van der Waals surface area contributed by atoms with Gasteiger partial charge in [-0.1, -0.05) is 6.07 Å². The second kappa shape index (κ2) is 9.84. The van der Waals surface area contributed by atoms with Gasteiger partial charge in [0, 0.05) is 25.5 Å². The topological polar surface area (TPSA) is 93.5 Å². The van der Waals surface area contributed by atoms with E-state index < -0.39 is 29.5 Å². The number of hydrogen-bond donors (Lipinski definition) is 2. The Kier molecular flexibility index (Phi) is 6.96. The highest BCUT2D eigenvalue weighted by atomic mass is 19.2. The molecule has 0 aliphatic rings. The van der Waals surface area contributed by atoms with E-state index in [1.807, 2.05) is 12.1 Å². The van der Waals surface area contributed by atoms with Crippen LogP contribution in [-0.4, -0.2) is 31.0 Å². The van der Waals surface area contributed by atoms with Crippen LogP contribution in [-0.2, 0) is 16.0 Å². The fourth-order valence-electron chi connectivity index (χ4n) is 2.90. The molecule has 3 aromatic rings. The number of halogens is 2. The summed E-state index contributed by atoms with van der Waals surface area (Å²) in [5.41, 5.74) is 0.937. The van der Waals surface area contributed by atoms with Gasteiger partial charge in [0.05, 0.1) is 13.3 Å². The minimum atomic E-state index is -1.16. The molecule has 9 heteroatoms. The average molecular weight is 429 g/mol. The van der Waals surface area contributed by atoms with Gasteiger partial charge in [0.1, 0.15) is 11.8 Å². The van der Waals surface area contributed by atoms with Gasteiger partial charge in [0.2, 0.25) is 11.8 Å². The van der Waals surface area contributed by atoms with Gasteiger partial charge in [0.15, 0.2) is 23.3 Å². The molecular formula is C22H21F2N3O4. The van der Waals surface area contributed by atoms with Crippen molar-refractivity contribution >= 4 is 11.8 Å². The second-order valence-electron chi connectivity index (χ2n) is 6.64. The van der Waals surface area contributed by atoms with Gasteiger partial charge >= 0.3 is 0 Å². The van der Waals surface area contributed by atoms with Gasteiger partial charge in [-0.3, -0.25) is 9.59 Å². The van der Waals surface area contributed by atoms with Gasteiger partial charge < -0.3 is 19.8 Å². The second-order valence-corrected chi connectivity index (χ2v) is 6.64. The lowest BCUT2D eigenvalue weighted by atomic mass is 10.1. The van der Waals surface area contributed by atoms with E-state index in [9.17, 15) is 18.4 Å². The lowest BCUT2D eigenvalue weighted by molar-refractivity contribution is -0.128. The molecular weight excluding hydrogens is 408 g/mol. The molecule has 0 spiro atoms. The number of methoxy groups -OCH3 is 1. The summed E-state index contributed by atoms with van der Waals surface area (Å²) in [6.07, 6.45) is 1.74. The lowest BCUT2D eigenvalue weighted by Gasteiger charge is -2.17. The van der Waals surface area contributed by atoms with Gasteiger partial charge in [0.25, 0.3) is 0 Å². The third-order valence-corrected chi connectivity index (χ3v) is 4.58. The first-order chi connectivity index (χ1) is 14.9. The first-order valence-electron chi connectivity index (χ1n) is 9.46. The van der Waals surface area contributed by atoms with Crippen LogP contribution in [0.4, 0.5) is 8.78 Å². The zero-order valence-corrected chi connectivity index (χ0v) is 16.9. The predicted octanol–water partition coefficient (Wildman–Crippen LogP) is 3.16. The molecule has 1 aromatic heterocycles. The number of oxazole rings is 1. The normalized spacial score (nSPS) is 11.6. The number of likely N-dealkylation sites (N-methyl/N-ethyl adjacent to an activating group) is 1. The quantitative estimate of drug-likeness (QED) is 0.574. The van der Waals surface area contributed by atoms with E-state index in [0.29, 0.717) is 17.4 Å². The van der Waals surface area contributed by atoms with E-state index in [-0.39, 0.29) is 18.4 Å². The summed E-state index contributed by atoms with van der Waals surface area (Å²) in [5.74, 6) is -1.56. The maximum Gasteiger partial charge on any atom is 0.246 e. The number of hydrogen-bond acceptors (Lipinski definition) is 5. The molecule has 0 fully saturated rings. The number of benzene rings is 2. The number of aryl methyl sites for hydroxylation is 1. The Balaban J connectivity index is 1.63. The largest absolute Gasteiger partial charge is 0.497 e. The number of carbonyl (C=O) groups is 2. The number of ether oxygens (including phenoxy) is 1. The molecule has 2 N–H and O–H groups in total. The number of rotatable bonds is 8. The molecule has 0 bridgehead atoms. The summed E-state index contributed by atoms with van der Waals surface area (Å²) in [6, 6.07) is 9.10. The Morgan fingerprint density at radius 3 is 2.52 bits per heavy atom. The van der Waals surface area contributed by atoms with Crippen molar-refractivity contribution in [2.75, 3.05) is 14.2 Å². The monoisotopic (exact) mass is 429 g/mol. The Morgan fingerprint density at radius 2 is 1.87 bits per heavy atom. The summed E-state index contributed by atoms with van der Waals surface area (Å²) in [4.78, 5) is 28.7. The third kappa shape index (κ3) is 5.44. The predicted molar refractivity (Wildman–Crippen MR) is 108 cm³/mol. The zero-order chi connectivity index (χ0) is 22.4. The van der Waals surface area contributed by atoms with E-state index in [1.54, 1.807) is 25.4 Å². The molecule has 2 aromatic carbocycles. The molecule has 3 rings (SSSR count). The molecule has 2 amide bonds. The molecule has 1 atom stereocenters. The fourth-order valence-corrected chi connectivity index (χ4v) is 2.90. The van der Waals surface area contributed by atoms with Crippen LogP contribution >= 0.6 is 0 Å². The number of aromatic nitrogens is 1. The van der Waals surface area contributed by atoms with Crippen molar-refractivity contribution < 1.29 is 27.5 Å². The van der Waals surface area contributed by atoms with Crippen LogP contribution in [0.3, 0.4) is 0 Å². The van der Waals surface area contributed by atoms with Crippen LogP contribution < -0.4 is 15.4 Å². The smallest absolute Gasteiger partial charge is 0.246 e. The molecule has 1 unspecified atom stereocenters. The van der Waals surface area contributed by atoms with Crippen LogP contribution in [0.5, 0.6) is 5.75 Å². The van der Waals surface area contributed by atoms with E-state index in [0.717, 1.165) is 17.7 Å². The van der Waals surface area contributed by atoms with E-state index in [2.05, 4.69) is 15.6 Å². The summed E-state index contributed by atoms with van der Waals surface area (Å²) in [7, 11) is 2.96. The molecule has 0 aliphatic carbocycles. The Bertz CT molecular complexity index is 1070. The Morgan fingerprint density at radius 1 is 1.13 bits per heavy atom. The van der Waals surface area contributed by atoms with Crippen LogP contribution in [0.15, 0.2) is 53.1 Å². The van der Waals surface area contributed by atoms with Gasteiger partial charge in [-0.15, -0.1) is 0 Å². The molecule has 0 radical (unpaired) electrons. The van der Waals surface area contributed by atoms with Crippen LogP contribution in [0.1, 0.15) is 23.9 Å². The summed E-state index contributed by atoms with van der Waals surface area (Å²) in [5, 5.41) is 4.93. The van der Waals surface area contributed by atoms with E-state index >= 15 is 0 Å². The molecule has 0 saturated carbocycles. The Hall–Kier alpha value is -3.75. The van der Waals surface area contributed by atoms with Crippen molar-refractivity contribution in [3.05, 3.63) is 71.8 Å². The molecule has 0 saturated heterocycles. The number of nitrogens with zero attached hydrogens (tertiary/aromatic N) is 1. The van der Waals surface area contributed by atoms with E-state index in [4.69, 9.17) is 9.15 Å². The molecule has 7 nitrogen and oxygen atoms in total. The minimum Gasteiger partial charge on any atom is -0.497 e. The number of amides is 2. The SMILES string of the molecule is CNC(=O)C(NC(=O)CCc1ncc(-c2ccc(OC)cc2)o1)c1ccc(F)c(F)c1. The van der Waals surface area contributed by atoms with Crippen molar-refractivity contribution in [2.45, 2.75) is 18.9 Å². The lowest BCUT2D eigenvalue weighted by Crippen LogP contribution is -2.39. The van der Waals surface area contributed by atoms with Crippen molar-refractivity contribution in [2.24, 2.45) is 0 Å². The summed E-state index contributed by atoms with van der Waals surface area (Å²) >= 11 is 0. The van der Waals surface area contributed by atoms with Gasteiger partial charge in [-0.2, -0.15) is 0 Å². The van der Waals surface area contributed by atoms with Crippen LogP contribution in [0.25, 0.3) is 11.3 Å². The van der Waals surface area contributed by atoms with E-state index in [1.165, 1.54) is 13.1 Å². The van der Waals surface area contributed by atoms with Crippen LogP contribution in [0.2, 0.25) is 0 Å². The molecule has 31 heavy (non-hydrogen) atoms. The number of carbonyl (C=O) groups excluding carboxylic acids is 2. The summed E-state index contributed by atoms with van der Waals surface area (Å²) in [6.45, 7) is 0.